The molecule has 0 atom stereocenters. The summed E-state index contributed by atoms with van der Waals surface area (Å²) in [5, 5.41) is 3.52. The monoisotopic (exact) mass is 395 g/mol. The normalized spacial score (nSPS) is 12.0. The van der Waals surface area contributed by atoms with Crippen molar-refractivity contribution in [2.24, 2.45) is 0 Å². The zero-order valence-corrected chi connectivity index (χ0v) is 14.0. The van der Waals surface area contributed by atoms with Gasteiger partial charge in [-0.1, -0.05) is 35.0 Å². The average Bonchev–Trinajstić information content (AvgIpc) is 3.23. The van der Waals surface area contributed by atoms with Crippen LogP contribution >= 0.6 is 11.6 Å². The molecule has 0 aliphatic rings. The molecule has 0 fully saturated rings. The number of nitrogens with zero attached hydrogens (tertiary/aromatic N) is 6. The SMILES string of the molecule is Nc1nc(Cl)c2ncn(Cc3cccc(-c4noc(C(F)(F)F)n4)c3)c2n1. The van der Waals surface area contributed by atoms with Crippen molar-refractivity contribution in [2.75, 3.05) is 5.73 Å². The number of hydrogen-bond donors (Lipinski definition) is 1. The minimum Gasteiger partial charge on any atom is -0.368 e. The number of rotatable bonds is 3. The first kappa shape index (κ1) is 17.2. The van der Waals surface area contributed by atoms with Crippen LogP contribution in [0.15, 0.2) is 35.1 Å². The second kappa shape index (κ2) is 6.20. The third-order valence-corrected chi connectivity index (χ3v) is 3.91. The van der Waals surface area contributed by atoms with E-state index in [0.717, 1.165) is 5.56 Å². The van der Waals surface area contributed by atoms with Gasteiger partial charge in [-0.05, 0) is 11.6 Å². The van der Waals surface area contributed by atoms with Crippen LogP contribution in [0.1, 0.15) is 11.5 Å². The van der Waals surface area contributed by atoms with E-state index >= 15 is 0 Å². The van der Waals surface area contributed by atoms with Crippen LogP contribution in [-0.2, 0) is 12.7 Å². The number of anilines is 1. The minimum absolute atomic E-state index is 0.00878. The quantitative estimate of drug-likeness (QED) is 0.530. The maximum atomic E-state index is 12.6. The van der Waals surface area contributed by atoms with Crippen molar-refractivity contribution in [1.82, 2.24) is 29.7 Å². The molecule has 0 aliphatic carbocycles. The number of nitrogen functional groups attached to an aromatic ring is 1. The summed E-state index contributed by atoms with van der Waals surface area (Å²) in [6, 6.07) is 6.68. The molecule has 4 aromatic rings. The molecule has 0 amide bonds. The first-order valence-electron chi connectivity index (χ1n) is 7.45. The van der Waals surface area contributed by atoms with E-state index < -0.39 is 12.1 Å². The smallest absolute Gasteiger partial charge is 0.368 e. The molecule has 8 nitrogen and oxygen atoms in total. The maximum absolute atomic E-state index is 12.6. The summed E-state index contributed by atoms with van der Waals surface area (Å²) in [6.07, 6.45) is -3.18. The Kier molecular flexibility index (Phi) is 3.95. The van der Waals surface area contributed by atoms with Crippen molar-refractivity contribution in [3.63, 3.8) is 0 Å². The molecule has 12 heteroatoms. The van der Waals surface area contributed by atoms with Gasteiger partial charge in [0, 0.05) is 5.56 Å². The van der Waals surface area contributed by atoms with Gasteiger partial charge in [-0.2, -0.15) is 28.1 Å². The Morgan fingerprint density at radius 3 is 2.74 bits per heavy atom. The van der Waals surface area contributed by atoms with Crippen molar-refractivity contribution in [2.45, 2.75) is 12.7 Å². The van der Waals surface area contributed by atoms with E-state index in [1.165, 1.54) is 6.33 Å². The van der Waals surface area contributed by atoms with Crippen LogP contribution in [0.25, 0.3) is 22.6 Å². The Bertz CT molecular complexity index is 1140. The Morgan fingerprint density at radius 2 is 2.00 bits per heavy atom. The molecule has 4 rings (SSSR count). The van der Waals surface area contributed by atoms with Crippen LogP contribution in [0.4, 0.5) is 19.1 Å². The molecular formula is C15H9ClF3N7O. The molecule has 3 aromatic heterocycles. The van der Waals surface area contributed by atoms with Gasteiger partial charge in [-0.25, -0.2) is 4.98 Å². The first-order valence-corrected chi connectivity index (χ1v) is 7.83. The second-order valence-electron chi connectivity index (χ2n) is 5.54. The number of halogens is 4. The maximum Gasteiger partial charge on any atom is 0.471 e. The molecule has 1 aromatic carbocycles. The third-order valence-electron chi connectivity index (χ3n) is 3.65. The molecular weight excluding hydrogens is 387 g/mol. The summed E-state index contributed by atoms with van der Waals surface area (Å²) >= 11 is 6.00. The number of nitrogens with two attached hydrogens (primary N) is 1. The van der Waals surface area contributed by atoms with Crippen LogP contribution in [0.5, 0.6) is 0 Å². The standard InChI is InChI=1S/C15H9ClF3N7O/c16-10-9-12(24-14(20)22-10)26(6-21-9)5-7-2-1-3-8(4-7)11-23-13(27-25-11)15(17,18)19/h1-4,6H,5H2,(H2,20,22,24). The summed E-state index contributed by atoms with van der Waals surface area (Å²) < 4.78 is 43.8. The summed E-state index contributed by atoms with van der Waals surface area (Å²) in [4.78, 5) is 15.5. The van der Waals surface area contributed by atoms with E-state index in [4.69, 9.17) is 17.3 Å². The number of alkyl halides is 3. The molecule has 0 aliphatic heterocycles. The fourth-order valence-corrected chi connectivity index (χ4v) is 2.72. The molecule has 0 bridgehead atoms. The van der Waals surface area contributed by atoms with E-state index in [0.29, 0.717) is 23.3 Å². The predicted molar refractivity (Wildman–Crippen MR) is 88.6 cm³/mol. The minimum atomic E-state index is -4.70. The zero-order valence-electron chi connectivity index (χ0n) is 13.3. The summed E-state index contributed by atoms with van der Waals surface area (Å²) in [5.74, 6) is -1.55. The summed E-state index contributed by atoms with van der Waals surface area (Å²) in [7, 11) is 0. The van der Waals surface area contributed by atoms with Crippen molar-refractivity contribution in [3.05, 3.63) is 47.2 Å². The molecule has 2 N–H and O–H groups in total. The molecule has 3 heterocycles. The van der Waals surface area contributed by atoms with Crippen molar-refractivity contribution in [3.8, 4) is 11.4 Å². The molecule has 0 spiro atoms. The van der Waals surface area contributed by atoms with Crippen LogP contribution in [0, 0.1) is 0 Å². The fourth-order valence-electron chi connectivity index (χ4n) is 2.50. The van der Waals surface area contributed by atoms with E-state index in [-0.39, 0.29) is 16.9 Å². The van der Waals surface area contributed by atoms with Crippen molar-refractivity contribution < 1.29 is 17.7 Å². The average molecular weight is 396 g/mol. The number of fused-ring (bicyclic) bond motifs is 1. The summed E-state index contributed by atoms with van der Waals surface area (Å²) in [5.41, 5.74) is 7.58. The Hall–Kier alpha value is -3.21. The van der Waals surface area contributed by atoms with E-state index in [1.807, 2.05) is 0 Å². The first-order chi connectivity index (χ1) is 12.8. The highest BCUT2D eigenvalue weighted by Crippen LogP contribution is 2.29. The molecule has 27 heavy (non-hydrogen) atoms. The molecule has 0 saturated carbocycles. The van der Waals surface area contributed by atoms with Gasteiger partial charge in [0.1, 0.15) is 5.52 Å². The molecule has 0 saturated heterocycles. The predicted octanol–water partition coefficient (Wildman–Crippen LogP) is 3.18. The molecule has 0 radical (unpaired) electrons. The van der Waals surface area contributed by atoms with Gasteiger partial charge in [0.15, 0.2) is 10.8 Å². The Balaban J connectivity index is 1.67. The number of hydrogen-bond acceptors (Lipinski definition) is 7. The number of aromatic nitrogens is 6. The zero-order chi connectivity index (χ0) is 19.2. The van der Waals surface area contributed by atoms with Crippen molar-refractivity contribution >= 4 is 28.7 Å². The lowest BCUT2D eigenvalue weighted by molar-refractivity contribution is -0.159. The highest BCUT2D eigenvalue weighted by atomic mass is 35.5. The van der Waals surface area contributed by atoms with Gasteiger partial charge in [-0.3, -0.25) is 0 Å². The second-order valence-corrected chi connectivity index (χ2v) is 5.90. The highest BCUT2D eigenvalue weighted by molar-refractivity contribution is 6.33. The van der Waals surface area contributed by atoms with Crippen molar-refractivity contribution in [1.29, 1.82) is 0 Å². The highest BCUT2D eigenvalue weighted by Gasteiger charge is 2.38. The van der Waals surface area contributed by atoms with Crippen LogP contribution in [-0.4, -0.2) is 29.7 Å². The largest absolute Gasteiger partial charge is 0.471 e. The third kappa shape index (κ3) is 3.28. The van der Waals surface area contributed by atoms with Gasteiger partial charge in [-0.15, -0.1) is 0 Å². The van der Waals surface area contributed by atoms with Gasteiger partial charge >= 0.3 is 12.1 Å². The van der Waals surface area contributed by atoms with E-state index in [9.17, 15) is 13.2 Å². The number of imidazole rings is 1. The topological polar surface area (TPSA) is 109 Å². The van der Waals surface area contributed by atoms with Gasteiger partial charge in [0.25, 0.3) is 0 Å². The van der Waals surface area contributed by atoms with Crippen LogP contribution in [0.2, 0.25) is 5.15 Å². The summed E-state index contributed by atoms with van der Waals surface area (Å²) in [6.45, 7) is 0.321. The van der Waals surface area contributed by atoms with E-state index in [1.54, 1.807) is 28.8 Å². The molecule has 138 valence electrons. The lowest BCUT2D eigenvalue weighted by Gasteiger charge is -2.06. The lowest BCUT2D eigenvalue weighted by atomic mass is 10.1. The van der Waals surface area contributed by atoms with Gasteiger partial charge in [0.2, 0.25) is 11.8 Å². The van der Waals surface area contributed by atoms with Gasteiger partial charge in [0.05, 0.1) is 12.9 Å². The Morgan fingerprint density at radius 1 is 1.19 bits per heavy atom. The van der Waals surface area contributed by atoms with Gasteiger partial charge < -0.3 is 14.8 Å². The van der Waals surface area contributed by atoms with Crippen LogP contribution < -0.4 is 5.73 Å². The Labute approximate surface area is 153 Å². The molecule has 0 unspecified atom stereocenters. The fraction of sp³-hybridized carbons (Fsp3) is 0.133. The lowest BCUT2D eigenvalue weighted by Crippen LogP contribution is -2.05. The van der Waals surface area contributed by atoms with E-state index in [2.05, 4.69) is 29.6 Å². The van der Waals surface area contributed by atoms with Crippen LogP contribution in [0.3, 0.4) is 0 Å². The number of benzene rings is 1.